The Balaban J connectivity index is 0.000000479. The molecule has 14 nitrogen and oxygen atoms in total. The van der Waals surface area contributed by atoms with Gasteiger partial charge in [0.05, 0.1) is 32.7 Å². The van der Waals surface area contributed by atoms with E-state index in [9.17, 15) is 67.1 Å². The first-order valence-electron chi connectivity index (χ1n) is 17.0. The van der Waals surface area contributed by atoms with Gasteiger partial charge in [0.15, 0.2) is 0 Å². The third kappa shape index (κ3) is 18.6. The van der Waals surface area contributed by atoms with Crippen LogP contribution in [0.15, 0.2) is 21.3 Å². The Bertz CT molecular complexity index is 1660. The number of aryl methyl sites for hydroxylation is 2. The van der Waals surface area contributed by atoms with E-state index in [0.717, 1.165) is 44.9 Å². The summed E-state index contributed by atoms with van der Waals surface area (Å²) in [6.07, 6.45) is -29.6. The molecule has 2 aliphatic heterocycles. The van der Waals surface area contributed by atoms with Crippen LogP contribution in [-0.2, 0) is 41.4 Å². The molecule has 2 saturated heterocycles. The van der Waals surface area contributed by atoms with E-state index in [1.54, 1.807) is 22.8 Å². The summed E-state index contributed by atoms with van der Waals surface area (Å²) in [4.78, 5) is 40.2. The van der Waals surface area contributed by atoms with Crippen LogP contribution in [0.3, 0.4) is 0 Å². The molecule has 0 spiro atoms. The molecule has 0 N–H and O–H groups in total. The molecular formula is C32H43Br2ClF12N8O6. The van der Waals surface area contributed by atoms with E-state index in [-0.39, 0.29) is 39.7 Å². The number of halogens is 15. The second kappa shape index (κ2) is 22.4. The van der Waals surface area contributed by atoms with Crippen molar-refractivity contribution in [3.8, 4) is 0 Å². The summed E-state index contributed by atoms with van der Waals surface area (Å²) < 4.78 is 161. The van der Waals surface area contributed by atoms with Crippen molar-refractivity contribution in [1.29, 1.82) is 0 Å². The number of piperazine rings is 2. The van der Waals surface area contributed by atoms with E-state index in [4.69, 9.17) is 4.74 Å². The Morgan fingerprint density at radius 1 is 0.623 bits per heavy atom. The van der Waals surface area contributed by atoms with Crippen molar-refractivity contribution in [2.24, 2.45) is 14.1 Å². The number of ether oxygens (including phenoxy) is 3. The molecule has 0 bridgehead atoms. The predicted molar refractivity (Wildman–Crippen MR) is 199 cm³/mol. The summed E-state index contributed by atoms with van der Waals surface area (Å²) in [5, 5.41) is 8.27. The Morgan fingerprint density at radius 3 is 1.18 bits per heavy atom. The zero-order chi connectivity index (χ0) is 46.2. The Labute approximate surface area is 363 Å². The van der Waals surface area contributed by atoms with Gasteiger partial charge in [0, 0.05) is 91.1 Å². The highest BCUT2D eigenvalue weighted by atomic mass is 79.9. The highest BCUT2D eigenvalue weighted by Gasteiger charge is 2.61. The SMILES string of the molecule is C.Cn1ncc(Br)c1CN1CCN(C(=O)OC(C(F)(F)F)C(F)(F)F)CC1.Cn1ncc(Br)c1CN1CCN(C(=O)OC(C)(C)C)CC1.O=C(Cl)OC(C(F)(F)F)C(F)(F)F. The molecule has 2 aliphatic rings. The molecule has 0 saturated carbocycles. The molecule has 352 valence electrons. The largest absolute Gasteiger partial charge is 0.444 e. The van der Waals surface area contributed by atoms with Crippen LogP contribution < -0.4 is 0 Å². The van der Waals surface area contributed by atoms with Gasteiger partial charge in [-0.25, -0.2) is 14.4 Å². The maximum atomic E-state index is 12.5. The number of aromatic nitrogens is 4. The van der Waals surface area contributed by atoms with Gasteiger partial charge in [0.2, 0.25) is 0 Å². The Morgan fingerprint density at radius 2 is 0.934 bits per heavy atom. The maximum Gasteiger partial charge on any atom is 0.434 e. The first-order chi connectivity index (χ1) is 27.2. The van der Waals surface area contributed by atoms with Gasteiger partial charge in [-0.15, -0.1) is 0 Å². The first kappa shape index (κ1) is 55.8. The topological polar surface area (TPSA) is 128 Å². The fourth-order valence-electron chi connectivity index (χ4n) is 5.06. The number of hydrogen-bond acceptors (Lipinski definition) is 10. The number of rotatable bonds is 6. The van der Waals surface area contributed by atoms with Crippen molar-refractivity contribution >= 4 is 61.1 Å². The van der Waals surface area contributed by atoms with Gasteiger partial charge >= 0.3 is 42.3 Å². The van der Waals surface area contributed by atoms with Crippen molar-refractivity contribution in [2.75, 3.05) is 52.4 Å². The zero-order valence-electron chi connectivity index (χ0n) is 32.1. The lowest BCUT2D eigenvalue weighted by Gasteiger charge is -2.35. The molecule has 0 aromatic carbocycles. The third-order valence-corrected chi connectivity index (χ3v) is 9.45. The van der Waals surface area contributed by atoms with Crippen molar-refractivity contribution < 1.29 is 81.3 Å². The smallest absolute Gasteiger partial charge is 0.434 e. The van der Waals surface area contributed by atoms with Gasteiger partial charge in [0.1, 0.15) is 5.60 Å². The van der Waals surface area contributed by atoms with Crippen molar-refractivity contribution in [3.63, 3.8) is 0 Å². The average Bonchev–Trinajstić information content (AvgIpc) is 3.58. The normalized spacial score (nSPS) is 16.0. The summed E-state index contributed by atoms with van der Waals surface area (Å²) in [7, 11) is 3.68. The third-order valence-electron chi connectivity index (χ3n) is 8.04. The summed E-state index contributed by atoms with van der Waals surface area (Å²) in [6.45, 7) is 10.5. The van der Waals surface area contributed by atoms with Crippen LogP contribution in [0.1, 0.15) is 39.6 Å². The van der Waals surface area contributed by atoms with Gasteiger partial charge in [-0.1, -0.05) is 7.43 Å². The highest BCUT2D eigenvalue weighted by Crippen LogP contribution is 2.37. The number of carbonyl (C=O) groups excluding carboxylic acids is 3. The molecule has 0 atom stereocenters. The van der Waals surface area contributed by atoms with E-state index in [0.29, 0.717) is 19.6 Å². The summed E-state index contributed by atoms with van der Waals surface area (Å²) >= 11 is 11.1. The predicted octanol–water partition coefficient (Wildman–Crippen LogP) is 8.66. The van der Waals surface area contributed by atoms with Crippen molar-refractivity contribution in [2.45, 2.75) is 83.8 Å². The monoisotopic (exact) mass is 1060 g/mol. The molecular weight excluding hydrogens is 1020 g/mol. The molecule has 2 amide bonds. The van der Waals surface area contributed by atoms with E-state index < -0.39 is 54.0 Å². The lowest BCUT2D eigenvalue weighted by molar-refractivity contribution is -0.308. The van der Waals surface area contributed by atoms with Gasteiger partial charge in [-0.05, 0) is 52.6 Å². The molecule has 0 unspecified atom stereocenters. The van der Waals surface area contributed by atoms with Gasteiger partial charge in [-0.3, -0.25) is 19.2 Å². The molecule has 2 aromatic rings. The Hall–Kier alpha value is -3.24. The van der Waals surface area contributed by atoms with Crippen molar-refractivity contribution in [3.05, 3.63) is 32.7 Å². The number of amides is 2. The summed E-state index contributed by atoms with van der Waals surface area (Å²) in [6, 6.07) is 0. The molecule has 4 rings (SSSR count). The quantitative estimate of drug-likeness (QED) is 0.158. The van der Waals surface area contributed by atoms with Gasteiger partial charge < -0.3 is 24.0 Å². The van der Waals surface area contributed by atoms with E-state index >= 15 is 0 Å². The fourth-order valence-corrected chi connectivity index (χ4v) is 6.10. The van der Waals surface area contributed by atoms with Gasteiger partial charge in [-0.2, -0.15) is 62.9 Å². The summed E-state index contributed by atoms with van der Waals surface area (Å²) in [5.74, 6) is 0. The van der Waals surface area contributed by atoms with Crippen LogP contribution in [-0.4, -0.2) is 152 Å². The second-order valence-corrected chi connectivity index (χ2v) is 15.8. The molecule has 61 heavy (non-hydrogen) atoms. The Kier molecular flexibility index (Phi) is 20.5. The van der Waals surface area contributed by atoms with E-state index in [2.05, 4.69) is 68.0 Å². The number of hydrogen-bond donors (Lipinski definition) is 0. The van der Waals surface area contributed by atoms with Gasteiger partial charge in [0.25, 0.3) is 12.2 Å². The van der Waals surface area contributed by atoms with E-state index in [1.807, 2.05) is 43.6 Å². The molecule has 4 heterocycles. The molecule has 29 heteroatoms. The molecule has 2 aromatic heterocycles. The van der Waals surface area contributed by atoms with Crippen LogP contribution in [0.2, 0.25) is 0 Å². The fraction of sp³-hybridized carbons (Fsp3) is 0.719. The maximum absolute atomic E-state index is 12.5. The van der Waals surface area contributed by atoms with E-state index in [1.165, 1.54) is 0 Å². The number of nitrogens with zero attached hydrogens (tertiary/aromatic N) is 8. The van der Waals surface area contributed by atoms with Crippen LogP contribution in [0, 0.1) is 0 Å². The minimum Gasteiger partial charge on any atom is -0.444 e. The van der Waals surface area contributed by atoms with Crippen LogP contribution >= 0.6 is 43.5 Å². The molecule has 2 fully saturated rings. The molecule has 0 radical (unpaired) electrons. The average molecular weight is 1060 g/mol. The first-order valence-corrected chi connectivity index (χ1v) is 19.0. The lowest BCUT2D eigenvalue weighted by Crippen LogP contribution is -2.52. The number of carbonyl (C=O) groups is 3. The van der Waals surface area contributed by atoms with Crippen LogP contribution in [0.25, 0.3) is 0 Å². The standard InChI is InChI=1S/C14H23BrN4O2.C13H15BrF6N4O2.C4HClF6O2.CH4/c1-14(2,3)21-13(20)19-7-5-18(6-8-19)10-12-11(15)9-16-17(12)4;1-22-9(8(14)6-21-22)7-23-2-4-24(5-3-23)11(25)26-10(12(15,16)17)13(18,19)20;5-2(12)13-1(3(6,7)8)4(9,10)11;/h9H,5-8,10H2,1-4H3;6,10H,2-5,7H2,1H3;1H;1H4. The summed E-state index contributed by atoms with van der Waals surface area (Å²) in [5.41, 5.74) is -0.594. The minimum absolute atomic E-state index is 0. The number of alkyl halides is 12. The van der Waals surface area contributed by atoms with Crippen molar-refractivity contribution in [1.82, 2.24) is 39.2 Å². The zero-order valence-corrected chi connectivity index (χ0v) is 36.0. The lowest BCUT2D eigenvalue weighted by atomic mass is 10.2. The highest BCUT2D eigenvalue weighted by molar-refractivity contribution is 9.10. The van der Waals surface area contributed by atoms with Crippen LogP contribution in [0.5, 0.6) is 0 Å². The minimum atomic E-state index is -5.72. The molecule has 0 aliphatic carbocycles. The second-order valence-electron chi connectivity index (χ2n) is 13.8. The van der Waals surface area contributed by atoms with Crippen LogP contribution in [0.4, 0.5) is 67.1 Å².